The molecule has 2 aromatic carbocycles. The van der Waals surface area contributed by atoms with E-state index in [-0.39, 0.29) is 24.4 Å². The van der Waals surface area contributed by atoms with Gasteiger partial charge in [-0.25, -0.2) is 4.79 Å². The van der Waals surface area contributed by atoms with E-state index in [1.807, 2.05) is 30.3 Å². The molecule has 1 heterocycles. The third kappa shape index (κ3) is 4.49. The molecule has 7 nitrogen and oxygen atoms in total. The number of nitrogens with zero attached hydrogens (tertiary/aromatic N) is 1. The Bertz CT molecular complexity index is 810. The lowest BCUT2D eigenvalue weighted by atomic mass is 10.2. The lowest BCUT2D eigenvalue weighted by Crippen LogP contribution is -2.43. The summed E-state index contributed by atoms with van der Waals surface area (Å²) in [7, 11) is 3.11. The standard InChI is InChI=1S/C20H23N3O4/c1-26-17-9-8-16(11-18(17)27-2)23-13-15(10-19(23)24)22-20(25)21-12-14-6-4-3-5-7-14/h3-9,11,15H,10,12-13H2,1-2H3,(H2,21,22,25)/t15-/m1/s1. The first-order valence-corrected chi connectivity index (χ1v) is 8.71. The van der Waals surface area contributed by atoms with Gasteiger partial charge in [-0.2, -0.15) is 0 Å². The lowest BCUT2D eigenvalue weighted by Gasteiger charge is -2.19. The van der Waals surface area contributed by atoms with Crippen molar-refractivity contribution in [2.75, 3.05) is 25.7 Å². The number of methoxy groups -OCH3 is 2. The summed E-state index contributed by atoms with van der Waals surface area (Å²) in [6.07, 6.45) is 0.257. The Hall–Kier alpha value is -3.22. The summed E-state index contributed by atoms with van der Waals surface area (Å²) in [5.41, 5.74) is 1.73. The molecule has 3 amide bonds. The van der Waals surface area contributed by atoms with Crippen molar-refractivity contribution in [1.82, 2.24) is 10.6 Å². The van der Waals surface area contributed by atoms with Gasteiger partial charge in [-0.3, -0.25) is 4.79 Å². The van der Waals surface area contributed by atoms with Crippen LogP contribution < -0.4 is 25.0 Å². The molecular formula is C20H23N3O4. The lowest BCUT2D eigenvalue weighted by molar-refractivity contribution is -0.117. The zero-order chi connectivity index (χ0) is 19.2. The number of rotatable bonds is 6. The van der Waals surface area contributed by atoms with Crippen molar-refractivity contribution in [3.8, 4) is 11.5 Å². The molecule has 1 fully saturated rings. The van der Waals surface area contributed by atoms with Crippen LogP contribution in [0.3, 0.4) is 0 Å². The summed E-state index contributed by atoms with van der Waals surface area (Å²) in [6.45, 7) is 0.847. The van der Waals surface area contributed by atoms with E-state index >= 15 is 0 Å². The molecule has 1 aliphatic rings. The number of hydrogen-bond acceptors (Lipinski definition) is 4. The van der Waals surface area contributed by atoms with Crippen molar-refractivity contribution in [1.29, 1.82) is 0 Å². The second-order valence-electron chi connectivity index (χ2n) is 6.26. The Kier molecular flexibility index (Phi) is 5.80. The van der Waals surface area contributed by atoms with E-state index in [9.17, 15) is 9.59 Å². The van der Waals surface area contributed by atoms with Crippen LogP contribution in [0, 0.1) is 0 Å². The molecule has 1 aliphatic heterocycles. The van der Waals surface area contributed by atoms with Gasteiger partial charge in [0.1, 0.15) is 0 Å². The molecule has 0 bridgehead atoms. The van der Waals surface area contributed by atoms with Gasteiger partial charge in [-0.05, 0) is 17.7 Å². The van der Waals surface area contributed by atoms with Crippen LogP contribution in [0.1, 0.15) is 12.0 Å². The fraction of sp³-hybridized carbons (Fsp3) is 0.300. The van der Waals surface area contributed by atoms with Crippen LogP contribution in [0.5, 0.6) is 11.5 Å². The monoisotopic (exact) mass is 369 g/mol. The van der Waals surface area contributed by atoms with Crippen molar-refractivity contribution in [3.05, 3.63) is 54.1 Å². The Labute approximate surface area is 158 Å². The van der Waals surface area contributed by atoms with Gasteiger partial charge >= 0.3 is 6.03 Å². The van der Waals surface area contributed by atoms with Gasteiger partial charge in [0.05, 0.1) is 20.3 Å². The molecule has 1 saturated heterocycles. The van der Waals surface area contributed by atoms with Gasteiger partial charge in [0.2, 0.25) is 5.91 Å². The summed E-state index contributed by atoms with van der Waals surface area (Å²) < 4.78 is 10.5. The minimum atomic E-state index is -0.286. The third-order valence-corrected chi connectivity index (χ3v) is 4.43. The summed E-state index contributed by atoms with van der Waals surface area (Å²) in [6, 6.07) is 14.4. The molecule has 0 unspecified atom stereocenters. The first-order chi connectivity index (χ1) is 13.1. The number of amides is 3. The number of anilines is 1. The average Bonchev–Trinajstić information content (AvgIpc) is 3.06. The number of ether oxygens (including phenoxy) is 2. The number of carbonyl (C=O) groups is 2. The number of carbonyl (C=O) groups excluding carboxylic acids is 2. The number of nitrogens with one attached hydrogen (secondary N) is 2. The van der Waals surface area contributed by atoms with Crippen LogP contribution in [-0.4, -0.2) is 38.7 Å². The maximum Gasteiger partial charge on any atom is 0.315 e. The van der Waals surface area contributed by atoms with Crippen molar-refractivity contribution < 1.29 is 19.1 Å². The minimum absolute atomic E-state index is 0.0458. The van der Waals surface area contributed by atoms with Crippen LogP contribution in [0.2, 0.25) is 0 Å². The van der Waals surface area contributed by atoms with Crippen molar-refractivity contribution in [2.24, 2.45) is 0 Å². The van der Waals surface area contributed by atoms with Crippen LogP contribution in [-0.2, 0) is 11.3 Å². The van der Waals surface area contributed by atoms with Crippen molar-refractivity contribution in [3.63, 3.8) is 0 Å². The highest BCUT2D eigenvalue weighted by molar-refractivity contribution is 5.97. The van der Waals surface area contributed by atoms with Gasteiger partial charge in [0.25, 0.3) is 0 Å². The molecule has 7 heteroatoms. The Balaban J connectivity index is 1.58. The molecular weight excluding hydrogens is 346 g/mol. The van der Waals surface area contributed by atoms with Gasteiger partial charge in [-0.15, -0.1) is 0 Å². The summed E-state index contributed by atoms with van der Waals surface area (Å²) in [5.74, 6) is 1.11. The molecule has 1 atom stereocenters. The van der Waals surface area contributed by atoms with Crippen molar-refractivity contribution >= 4 is 17.6 Å². The second kappa shape index (κ2) is 8.44. The van der Waals surface area contributed by atoms with Crippen LogP contribution in [0.25, 0.3) is 0 Å². The van der Waals surface area contributed by atoms with Crippen LogP contribution in [0.4, 0.5) is 10.5 Å². The normalized spacial score (nSPS) is 16.1. The van der Waals surface area contributed by atoms with Gasteiger partial charge in [-0.1, -0.05) is 30.3 Å². The fourth-order valence-corrected chi connectivity index (χ4v) is 3.06. The molecule has 3 rings (SSSR count). The topological polar surface area (TPSA) is 79.9 Å². The maximum absolute atomic E-state index is 12.4. The first-order valence-electron chi connectivity index (χ1n) is 8.71. The predicted octanol–water partition coefficient (Wildman–Crippen LogP) is 2.31. The van der Waals surface area contributed by atoms with E-state index in [4.69, 9.17) is 9.47 Å². The SMILES string of the molecule is COc1ccc(N2C[C@H](NC(=O)NCc3ccccc3)CC2=O)cc1OC. The zero-order valence-electron chi connectivity index (χ0n) is 15.4. The average molecular weight is 369 g/mol. The van der Waals surface area contributed by atoms with E-state index in [0.717, 1.165) is 5.56 Å². The molecule has 0 aliphatic carbocycles. The highest BCUT2D eigenvalue weighted by Gasteiger charge is 2.32. The Morgan fingerprint density at radius 3 is 2.56 bits per heavy atom. The molecule has 0 spiro atoms. The molecule has 0 radical (unpaired) electrons. The molecule has 0 aromatic heterocycles. The Morgan fingerprint density at radius 2 is 1.85 bits per heavy atom. The highest BCUT2D eigenvalue weighted by Crippen LogP contribution is 2.33. The number of hydrogen-bond donors (Lipinski definition) is 2. The molecule has 2 N–H and O–H groups in total. The van der Waals surface area contributed by atoms with Crippen LogP contribution >= 0.6 is 0 Å². The van der Waals surface area contributed by atoms with Gasteiger partial charge in [0, 0.05) is 31.3 Å². The number of benzene rings is 2. The van der Waals surface area contributed by atoms with Gasteiger partial charge < -0.3 is 25.0 Å². The minimum Gasteiger partial charge on any atom is -0.493 e. The van der Waals surface area contributed by atoms with E-state index in [1.165, 1.54) is 0 Å². The smallest absolute Gasteiger partial charge is 0.315 e. The highest BCUT2D eigenvalue weighted by atomic mass is 16.5. The van der Waals surface area contributed by atoms with E-state index in [2.05, 4.69) is 10.6 Å². The van der Waals surface area contributed by atoms with Gasteiger partial charge in [0.15, 0.2) is 11.5 Å². The fourth-order valence-electron chi connectivity index (χ4n) is 3.06. The first kappa shape index (κ1) is 18.6. The summed E-state index contributed by atoms with van der Waals surface area (Å²) in [5, 5.41) is 5.67. The summed E-state index contributed by atoms with van der Waals surface area (Å²) in [4.78, 5) is 26.1. The second-order valence-corrected chi connectivity index (χ2v) is 6.26. The quantitative estimate of drug-likeness (QED) is 0.819. The van der Waals surface area contributed by atoms with Crippen LogP contribution in [0.15, 0.2) is 48.5 Å². The molecule has 142 valence electrons. The maximum atomic E-state index is 12.4. The molecule has 0 saturated carbocycles. The molecule has 27 heavy (non-hydrogen) atoms. The largest absolute Gasteiger partial charge is 0.493 e. The zero-order valence-corrected chi connectivity index (χ0v) is 15.4. The third-order valence-electron chi connectivity index (χ3n) is 4.43. The van der Waals surface area contributed by atoms with E-state index < -0.39 is 0 Å². The predicted molar refractivity (Wildman–Crippen MR) is 102 cm³/mol. The molecule has 2 aromatic rings. The summed E-state index contributed by atoms with van der Waals surface area (Å²) >= 11 is 0. The van der Waals surface area contributed by atoms with E-state index in [1.54, 1.807) is 37.3 Å². The number of urea groups is 1. The Morgan fingerprint density at radius 1 is 1.11 bits per heavy atom. The van der Waals surface area contributed by atoms with E-state index in [0.29, 0.717) is 30.3 Å². The van der Waals surface area contributed by atoms with Crippen molar-refractivity contribution in [2.45, 2.75) is 19.0 Å².